The first-order chi connectivity index (χ1) is 10.0. The maximum atomic E-state index is 6.31. The number of methoxy groups -OCH3 is 2. The summed E-state index contributed by atoms with van der Waals surface area (Å²) in [6.45, 7) is 0. The van der Waals surface area contributed by atoms with Crippen molar-refractivity contribution >= 4 is 39.1 Å². The SMILES string of the molecule is COc1cccc(CC(Br)c2cc(Cl)c(OC)cc2Cl)c1. The van der Waals surface area contributed by atoms with Crippen molar-refractivity contribution in [2.75, 3.05) is 14.2 Å². The number of alkyl halides is 1. The van der Waals surface area contributed by atoms with Crippen LogP contribution >= 0.6 is 39.1 Å². The van der Waals surface area contributed by atoms with Crippen LogP contribution in [0.1, 0.15) is 16.0 Å². The molecule has 0 aliphatic rings. The molecule has 0 saturated heterocycles. The maximum Gasteiger partial charge on any atom is 0.138 e. The van der Waals surface area contributed by atoms with Crippen molar-refractivity contribution in [3.63, 3.8) is 0 Å². The molecule has 112 valence electrons. The Balaban J connectivity index is 2.23. The Morgan fingerprint density at radius 3 is 2.48 bits per heavy atom. The molecule has 0 radical (unpaired) electrons. The predicted molar refractivity (Wildman–Crippen MR) is 91.4 cm³/mol. The number of ether oxygens (including phenoxy) is 2. The first kappa shape index (κ1) is 16.5. The van der Waals surface area contributed by atoms with Gasteiger partial charge in [0.25, 0.3) is 0 Å². The Bertz CT molecular complexity index is 632. The lowest BCUT2D eigenvalue weighted by molar-refractivity contribution is 0.414. The van der Waals surface area contributed by atoms with Crippen LogP contribution in [0.4, 0.5) is 0 Å². The number of benzene rings is 2. The minimum atomic E-state index is 0.0560. The van der Waals surface area contributed by atoms with E-state index in [1.54, 1.807) is 20.3 Å². The van der Waals surface area contributed by atoms with Gasteiger partial charge in [-0.25, -0.2) is 0 Å². The number of rotatable bonds is 5. The zero-order chi connectivity index (χ0) is 15.4. The van der Waals surface area contributed by atoms with Gasteiger partial charge >= 0.3 is 0 Å². The summed E-state index contributed by atoms with van der Waals surface area (Å²) in [7, 11) is 3.23. The Kier molecular flexibility index (Phi) is 5.80. The average molecular weight is 390 g/mol. The highest BCUT2D eigenvalue weighted by atomic mass is 79.9. The molecule has 0 heterocycles. The molecule has 0 aromatic heterocycles. The zero-order valence-corrected chi connectivity index (χ0v) is 14.8. The molecule has 1 unspecified atom stereocenters. The van der Waals surface area contributed by atoms with Crippen LogP contribution in [0, 0.1) is 0 Å². The van der Waals surface area contributed by atoms with E-state index in [2.05, 4.69) is 22.0 Å². The second kappa shape index (κ2) is 7.39. The first-order valence-electron chi connectivity index (χ1n) is 6.35. The lowest BCUT2D eigenvalue weighted by atomic mass is 10.0. The average Bonchev–Trinajstić information content (AvgIpc) is 2.49. The summed E-state index contributed by atoms with van der Waals surface area (Å²) in [5.41, 5.74) is 2.09. The van der Waals surface area contributed by atoms with Gasteiger partial charge in [0.15, 0.2) is 0 Å². The molecule has 2 aromatic rings. The summed E-state index contributed by atoms with van der Waals surface area (Å²) in [6.07, 6.45) is 0.777. The molecule has 0 saturated carbocycles. The summed E-state index contributed by atoms with van der Waals surface area (Å²) in [6, 6.07) is 11.5. The van der Waals surface area contributed by atoms with E-state index >= 15 is 0 Å². The summed E-state index contributed by atoms with van der Waals surface area (Å²) < 4.78 is 10.4. The Morgan fingerprint density at radius 1 is 1.05 bits per heavy atom. The Morgan fingerprint density at radius 2 is 1.81 bits per heavy atom. The van der Waals surface area contributed by atoms with Gasteiger partial charge in [0.1, 0.15) is 11.5 Å². The van der Waals surface area contributed by atoms with Gasteiger partial charge in [0.05, 0.1) is 19.2 Å². The molecule has 5 heteroatoms. The maximum absolute atomic E-state index is 6.31. The molecule has 21 heavy (non-hydrogen) atoms. The highest BCUT2D eigenvalue weighted by Crippen LogP contribution is 2.38. The molecule has 0 aliphatic carbocycles. The standard InChI is InChI=1S/C16H15BrCl2O2/c1-20-11-5-3-4-10(6-11)7-13(17)12-8-15(19)16(21-2)9-14(12)18/h3-6,8-9,13H,7H2,1-2H3. The van der Waals surface area contributed by atoms with Crippen molar-refractivity contribution in [1.29, 1.82) is 0 Å². The van der Waals surface area contributed by atoms with E-state index in [1.807, 2.05) is 24.3 Å². The molecule has 2 rings (SSSR count). The summed E-state index contributed by atoms with van der Waals surface area (Å²) in [5.74, 6) is 1.41. The van der Waals surface area contributed by atoms with Gasteiger partial charge < -0.3 is 9.47 Å². The normalized spacial score (nSPS) is 12.0. The highest BCUT2D eigenvalue weighted by Gasteiger charge is 2.16. The molecule has 0 spiro atoms. The second-order valence-electron chi connectivity index (χ2n) is 4.53. The van der Waals surface area contributed by atoms with Gasteiger partial charge in [-0.3, -0.25) is 0 Å². The lowest BCUT2D eigenvalue weighted by Crippen LogP contribution is -1.98. The van der Waals surface area contributed by atoms with Crippen LogP contribution in [0.15, 0.2) is 36.4 Å². The minimum absolute atomic E-state index is 0.0560. The number of hydrogen-bond donors (Lipinski definition) is 0. The van der Waals surface area contributed by atoms with Crippen molar-refractivity contribution < 1.29 is 9.47 Å². The van der Waals surface area contributed by atoms with Crippen molar-refractivity contribution in [3.8, 4) is 11.5 Å². The van der Waals surface area contributed by atoms with E-state index in [0.29, 0.717) is 15.8 Å². The van der Waals surface area contributed by atoms with Gasteiger partial charge in [0.2, 0.25) is 0 Å². The van der Waals surface area contributed by atoms with E-state index < -0.39 is 0 Å². The van der Waals surface area contributed by atoms with Gasteiger partial charge in [-0.2, -0.15) is 0 Å². The molecule has 0 aliphatic heterocycles. The zero-order valence-electron chi connectivity index (χ0n) is 11.7. The summed E-state index contributed by atoms with van der Waals surface area (Å²) in [5, 5.41) is 1.17. The lowest BCUT2D eigenvalue weighted by Gasteiger charge is -2.15. The van der Waals surface area contributed by atoms with Crippen molar-refractivity contribution in [3.05, 3.63) is 57.6 Å². The minimum Gasteiger partial charge on any atom is -0.497 e. The molecule has 0 N–H and O–H groups in total. The number of hydrogen-bond acceptors (Lipinski definition) is 2. The van der Waals surface area contributed by atoms with Crippen LogP contribution in [0.5, 0.6) is 11.5 Å². The summed E-state index contributed by atoms with van der Waals surface area (Å²) >= 11 is 16.2. The van der Waals surface area contributed by atoms with Crippen molar-refractivity contribution in [2.24, 2.45) is 0 Å². The first-order valence-corrected chi connectivity index (χ1v) is 8.02. The van der Waals surface area contributed by atoms with E-state index in [4.69, 9.17) is 32.7 Å². The van der Waals surface area contributed by atoms with Gasteiger partial charge in [-0.1, -0.05) is 51.3 Å². The quantitative estimate of drug-likeness (QED) is 0.611. The predicted octanol–water partition coefficient (Wildman–Crippen LogP) is 5.69. The Hall–Kier alpha value is -0.900. The molecular formula is C16H15BrCl2O2. The molecular weight excluding hydrogens is 375 g/mol. The van der Waals surface area contributed by atoms with E-state index in [-0.39, 0.29) is 4.83 Å². The van der Waals surface area contributed by atoms with Gasteiger partial charge in [-0.05, 0) is 35.7 Å². The van der Waals surface area contributed by atoms with Crippen molar-refractivity contribution in [2.45, 2.75) is 11.2 Å². The van der Waals surface area contributed by atoms with Crippen molar-refractivity contribution in [1.82, 2.24) is 0 Å². The van der Waals surface area contributed by atoms with Gasteiger partial charge in [-0.15, -0.1) is 0 Å². The molecule has 0 amide bonds. The smallest absolute Gasteiger partial charge is 0.138 e. The van der Waals surface area contributed by atoms with Crippen LogP contribution in [-0.4, -0.2) is 14.2 Å². The fourth-order valence-corrected chi connectivity index (χ4v) is 3.48. The fraction of sp³-hybridized carbons (Fsp3) is 0.250. The third-order valence-electron chi connectivity index (χ3n) is 3.16. The van der Waals surface area contributed by atoms with Crippen LogP contribution in [0.3, 0.4) is 0 Å². The van der Waals surface area contributed by atoms with Crippen LogP contribution in [0.25, 0.3) is 0 Å². The van der Waals surface area contributed by atoms with E-state index in [1.165, 1.54) is 0 Å². The fourth-order valence-electron chi connectivity index (χ4n) is 2.06. The van der Waals surface area contributed by atoms with Crippen LogP contribution < -0.4 is 9.47 Å². The monoisotopic (exact) mass is 388 g/mol. The van der Waals surface area contributed by atoms with Crippen LogP contribution in [0.2, 0.25) is 10.0 Å². The molecule has 1 atom stereocenters. The van der Waals surface area contributed by atoms with E-state index in [0.717, 1.165) is 23.3 Å². The third kappa shape index (κ3) is 4.06. The number of halogens is 3. The Labute approximate surface area is 143 Å². The highest BCUT2D eigenvalue weighted by molar-refractivity contribution is 9.09. The molecule has 0 bridgehead atoms. The third-order valence-corrected chi connectivity index (χ3v) is 4.60. The van der Waals surface area contributed by atoms with Gasteiger partial charge in [0, 0.05) is 15.9 Å². The molecule has 0 fully saturated rings. The molecule has 2 nitrogen and oxygen atoms in total. The second-order valence-corrected chi connectivity index (χ2v) is 6.45. The van der Waals surface area contributed by atoms with E-state index in [9.17, 15) is 0 Å². The summed E-state index contributed by atoms with van der Waals surface area (Å²) in [4.78, 5) is 0.0560. The topological polar surface area (TPSA) is 18.5 Å². The largest absolute Gasteiger partial charge is 0.497 e. The molecule has 2 aromatic carbocycles. The van der Waals surface area contributed by atoms with Crippen LogP contribution in [-0.2, 0) is 6.42 Å².